The van der Waals surface area contributed by atoms with Crippen LogP contribution in [0.15, 0.2) is 0 Å². The van der Waals surface area contributed by atoms with E-state index in [-0.39, 0.29) is 0 Å². The maximum absolute atomic E-state index is 8.63. The van der Waals surface area contributed by atoms with Crippen LogP contribution >= 0.6 is 0 Å². The zero-order valence-corrected chi connectivity index (χ0v) is 7.93. The van der Waals surface area contributed by atoms with E-state index >= 15 is 0 Å². The molecule has 0 radical (unpaired) electrons. The Balaban J connectivity index is 0.000000217. The van der Waals surface area contributed by atoms with Crippen LogP contribution in [-0.2, 0) is 10.4 Å². The van der Waals surface area contributed by atoms with Crippen molar-refractivity contribution in [3.8, 4) is 0 Å². The first kappa shape index (κ1) is 11.8. The molecule has 1 fully saturated rings. The van der Waals surface area contributed by atoms with E-state index in [4.69, 9.17) is 17.5 Å². The van der Waals surface area contributed by atoms with Gasteiger partial charge in [-0.3, -0.25) is 4.55 Å². The molecule has 0 unspecified atom stereocenters. The summed E-state index contributed by atoms with van der Waals surface area (Å²) in [6, 6.07) is 0. The highest BCUT2D eigenvalue weighted by Gasteiger charge is 2.10. The second-order valence-electron chi connectivity index (χ2n) is 2.74. The van der Waals surface area contributed by atoms with Crippen molar-refractivity contribution in [1.29, 1.82) is 0 Å². The lowest BCUT2D eigenvalue weighted by Crippen LogP contribution is -3.09. The van der Waals surface area contributed by atoms with E-state index < -0.39 is 10.4 Å². The number of likely N-dealkylation sites (tertiary alicyclic amines) is 1. The molecule has 0 bridgehead atoms. The first-order chi connectivity index (χ1) is 5.43. The first-order valence-corrected chi connectivity index (χ1v) is 5.32. The molecule has 1 saturated heterocycles. The zero-order chi connectivity index (χ0) is 9.61. The summed E-state index contributed by atoms with van der Waals surface area (Å²) >= 11 is 0. The van der Waals surface area contributed by atoms with E-state index in [0.717, 1.165) is 0 Å². The summed E-state index contributed by atoms with van der Waals surface area (Å²) in [6.07, 6.45) is 2.92. The molecule has 0 spiro atoms. The summed E-state index contributed by atoms with van der Waals surface area (Å²) in [5, 5.41) is 0. The van der Waals surface area contributed by atoms with Gasteiger partial charge in [0.25, 0.3) is 0 Å². The predicted molar refractivity (Wildman–Crippen MR) is 42.8 cm³/mol. The van der Waals surface area contributed by atoms with Gasteiger partial charge >= 0.3 is 0 Å². The molecule has 0 aromatic rings. The molecule has 0 aliphatic carbocycles. The van der Waals surface area contributed by atoms with E-state index in [2.05, 4.69) is 6.92 Å². The molecule has 0 aromatic carbocycles. The molecule has 1 rings (SSSR count). The van der Waals surface area contributed by atoms with Crippen molar-refractivity contribution in [2.75, 3.05) is 19.6 Å². The van der Waals surface area contributed by atoms with Crippen LogP contribution < -0.4 is 4.90 Å². The predicted octanol–water partition coefficient (Wildman–Crippen LogP) is -1.31. The Hall–Kier alpha value is -0.170. The lowest BCUT2D eigenvalue weighted by Gasteiger charge is -2.05. The number of rotatable bonds is 1. The van der Waals surface area contributed by atoms with Crippen molar-refractivity contribution in [2.45, 2.75) is 19.8 Å². The van der Waals surface area contributed by atoms with Gasteiger partial charge in [0.15, 0.2) is 0 Å². The van der Waals surface area contributed by atoms with E-state index in [1.54, 1.807) is 4.90 Å². The first-order valence-electron chi connectivity index (χ1n) is 3.95. The quantitative estimate of drug-likeness (QED) is 0.404. The van der Waals surface area contributed by atoms with Crippen LogP contribution in [0.5, 0.6) is 0 Å². The average Bonchev–Trinajstić information content (AvgIpc) is 2.33. The Morgan fingerprint density at radius 2 is 1.75 bits per heavy atom. The van der Waals surface area contributed by atoms with Crippen LogP contribution in [0.1, 0.15) is 19.8 Å². The number of hydrogen-bond donors (Lipinski definition) is 2. The minimum atomic E-state index is -4.92. The topological polar surface area (TPSA) is 81.9 Å². The van der Waals surface area contributed by atoms with Crippen molar-refractivity contribution in [3.05, 3.63) is 0 Å². The normalized spacial score (nSPS) is 18.6. The molecular weight excluding hydrogens is 182 g/mol. The molecule has 0 saturated carbocycles. The Labute approximate surface area is 73.0 Å². The molecule has 5 nitrogen and oxygen atoms in total. The van der Waals surface area contributed by atoms with Gasteiger partial charge in [-0.1, -0.05) is 0 Å². The van der Waals surface area contributed by atoms with Gasteiger partial charge in [0.05, 0.1) is 19.6 Å². The van der Waals surface area contributed by atoms with Crippen molar-refractivity contribution >= 4 is 10.4 Å². The summed E-state index contributed by atoms with van der Waals surface area (Å²) in [6.45, 7) is 6.45. The molecule has 12 heavy (non-hydrogen) atoms. The molecule has 1 heterocycles. The van der Waals surface area contributed by atoms with Crippen molar-refractivity contribution in [2.24, 2.45) is 0 Å². The summed E-state index contributed by atoms with van der Waals surface area (Å²) in [7, 11) is -4.92. The highest BCUT2D eigenvalue weighted by molar-refractivity contribution is 7.79. The van der Waals surface area contributed by atoms with Gasteiger partial charge in [-0.25, -0.2) is 8.42 Å². The number of hydrogen-bond acceptors (Lipinski definition) is 3. The summed E-state index contributed by atoms with van der Waals surface area (Å²) in [4.78, 5) is 1.79. The maximum Gasteiger partial charge on any atom is 0.215 e. The van der Waals surface area contributed by atoms with Gasteiger partial charge in [-0.2, -0.15) is 0 Å². The standard InChI is InChI=1S/C6H13N.H2O4S/c1-2-7-5-3-4-6-7;1-5(2,3)4/h2-6H2,1H3;(H2,1,2,3,4). The molecule has 0 aromatic heterocycles. The van der Waals surface area contributed by atoms with Crippen LogP contribution in [0, 0.1) is 0 Å². The van der Waals surface area contributed by atoms with Crippen molar-refractivity contribution in [1.82, 2.24) is 0 Å². The second-order valence-corrected chi connectivity index (χ2v) is 3.59. The van der Waals surface area contributed by atoms with Gasteiger partial charge < -0.3 is 9.45 Å². The molecular formula is C6H15NO4S. The van der Waals surface area contributed by atoms with Gasteiger partial charge in [0.2, 0.25) is 10.4 Å². The van der Waals surface area contributed by atoms with E-state index in [1.807, 2.05) is 0 Å². The van der Waals surface area contributed by atoms with Crippen LogP contribution in [-0.4, -0.2) is 37.2 Å². The molecule has 1 aliphatic heterocycles. The van der Waals surface area contributed by atoms with Crippen LogP contribution in [0.3, 0.4) is 0 Å². The van der Waals surface area contributed by atoms with E-state index in [0.29, 0.717) is 0 Å². The lowest BCUT2D eigenvalue weighted by atomic mass is 10.4. The maximum atomic E-state index is 8.63. The third-order valence-electron chi connectivity index (χ3n) is 1.81. The van der Waals surface area contributed by atoms with Crippen LogP contribution in [0.25, 0.3) is 0 Å². The molecule has 2 N–H and O–H groups in total. The third kappa shape index (κ3) is 9.83. The molecule has 74 valence electrons. The third-order valence-corrected chi connectivity index (χ3v) is 1.81. The van der Waals surface area contributed by atoms with Gasteiger partial charge in [-0.05, 0) is 6.92 Å². The fourth-order valence-corrected chi connectivity index (χ4v) is 1.23. The van der Waals surface area contributed by atoms with Gasteiger partial charge in [0.1, 0.15) is 0 Å². The van der Waals surface area contributed by atoms with Crippen LogP contribution in [0.2, 0.25) is 0 Å². The molecule has 0 amide bonds. The minimum Gasteiger partial charge on any atom is -0.726 e. The van der Waals surface area contributed by atoms with Crippen molar-refractivity contribution in [3.63, 3.8) is 0 Å². The zero-order valence-electron chi connectivity index (χ0n) is 7.12. The molecule has 1 aliphatic rings. The van der Waals surface area contributed by atoms with Crippen molar-refractivity contribution < 1.29 is 22.4 Å². The Morgan fingerprint density at radius 1 is 1.42 bits per heavy atom. The van der Waals surface area contributed by atoms with E-state index in [1.165, 1.54) is 32.5 Å². The summed E-state index contributed by atoms with van der Waals surface area (Å²) < 4.78 is 32.8. The molecule has 6 heteroatoms. The monoisotopic (exact) mass is 197 g/mol. The highest BCUT2D eigenvalue weighted by atomic mass is 32.3. The van der Waals surface area contributed by atoms with Gasteiger partial charge in [0, 0.05) is 12.8 Å². The van der Waals surface area contributed by atoms with Gasteiger partial charge in [-0.15, -0.1) is 0 Å². The lowest BCUT2D eigenvalue weighted by molar-refractivity contribution is -0.885. The Bertz CT molecular complexity index is 188. The molecule has 0 atom stereocenters. The Kier molecular flexibility index (Phi) is 5.39. The fraction of sp³-hybridized carbons (Fsp3) is 1.00. The fourth-order valence-electron chi connectivity index (χ4n) is 1.23. The summed E-state index contributed by atoms with van der Waals surface area (Å²) in [5.41, 5.74) is 0. The SMILES string of the molecule is CC[NH+]1CCCC1.O=S(=O)([O-])O. The Morgan fingerprint density at radius 3 is 1.92 bits per heavy atom. The second kappa shape index (κ2) is 5.47. The van der Waals surface area contributed by atoms with E-state index in [9.17, 15) is 0 Å². The number of quaternary nitrogens is 1. The largest absolute Gasteiger partial charge is 0.726 e. The van der Waals surface area contributed by atoms with Crippen LogP contribution in [0.4, 0.5) is 0 Å². The summed E-state index contributed by atoms with van der Waals surface area (Å²) in [5.74, 6) is 0. The smallest absolute Gasteiger partial charge is 0.215 e. The minimum absolute atomic E-state index is 1.33. The highest BCUT2D eigenvalue weighted by Crippen LogP contribution is 1.85. The average molecular weight is 197 g/mol. The number of nitrogens with one attached hydrogen (secondary N) is 1.